The smallest absolute Gasteiger partial charge is 0.0881 e. The van der Waals surface area contributed by atoms with E-state index in [1.807, 2.05) is 0 Å². The van der Waals surface area contributed by atoms with Gasteiger partial charge >= 0.3 is 0 Å². The first-order valence-corrected chi connectivity index (χ1v) is 7.32. The van der Waals surface area contributed by atoms with Crippen LogP contribution in [0.15, 0.2) is 0 Å². The Labute approximate surface area is 111 Å². The molecule has 0 bridgehead atoms. The van der Waals surface area contributed by atoms with Crippen molar-refractivity contribution in [1.29, 1.82) is 0 Å². The van der Waals surface area contributed by atoms with Crippen LogP contribution in [0.4, 0.5) is 0 Å². The molecule has 0 aliphatic heterocycles. The standard InChI is InChI=1S/C14H31NO3/c1-2-3-4-5-6-7-8-9-10-15-14(11-16,12-17)13-18/h15-18H,2-13H2,1H3. The van der Waals surface area contributed by atoms with Crippen LogP contribution in [0.5, 0.6) is 0 Å². The number of aliphatic hydroxyl groups excluding tert-OH is 3. The highest BCUT2D eigenvalue weighted by Crippen LogP contribution is 2.08. The van der Waals surface area contributed by atoms with Crippen LogP contribution in [-0.4, -0.2) is 47.2 Å². The number of hydrogen-bond acceptors (Lipinski definition) is 4. The molecule has 0 heterocycles. The fraction of sp³-hybridized carbons (Fsp3) is 1.00. The van der Waals surface area contributed by atoms with Gasteiger partial charge in [-0.3, -0.25) is 0 Å². The molecule has 0 aliphatic rings. The lowest BCUT2D eigenvalue weighted by atomic mass is 10.0. The van der Waals surface area contributed by atoms with E-state index in [4.69, 9.17) is 15.3 Å². The largest absolute Gasteiger partial charge is 0.394 e. The van der Waals surface area contributed by atoms with E-state index in [0.717, 1.165) is 19.4 Å². The fourth-order valence-corrected chi connectivity index (χ4v) is 1.93. The molecule has 0 amide bonds. The van der Waals surface area contributed by atoms with Gasteiger partial charge in [0.1, 0.15) is 0 Å². The van der Waals surface area contributed by atoms with Gasteiger partial charge in [-0.2, -0.15) is 0 Å². The SMILES string of the molecule is CCCCCCCCCCNC(CO)(CO)CO. The Kier molecular flexibility index (Phi) is 11.8. The average molecular weight is 261 g/mol. The molecule has 4 nitrogen and oxygen atoms in total. The summed E-state index contributed by atoms with van der Waals surface area (Å²) in [6.45, 7) is 2.24. The Balaban J connectivity index is 3.38. The maximum absolute atomic E-state index is 9.12. The molecule has 110 valence electrons. The van der Waals surface area contributed by atoms with Crippen molar-refractivity contribution in [3.63, 3.8) is 0 Å². The summed E-state index contributed by atoms with van der Waals surface area (Å²) in [6, 6.07) is 0. The summed E-state index contributed by atoms with van der Waals surface area (Å²) < 4.78 is 0. The van der Waals surface area contributed by atoms with Crippen LogP contribution in [0.2, 0.25) is 0 Å². The predicted octanol–water partition coefficient (Wildman–Crippen LogP) is 1.43. The molecule has 0 saturated heterocycles. The normalized spacial score (nSPS) is 12.0. The van der Waals surface area contributed by atoms with Gasteiger partial charge < -0.3 is 20.6 Å². The fourth-order valence-electron chi connectivity index (χ4n) is 1.93. The summed E-state index contributed by atoms with van der Waals surface area (Å²) >= 11 is 0. The number of nitrogens with one attached hydrogen (secondary N) is 1. The van der Waals surface area contributed by atoms with Crippen molar-refractivity contribution < 1.29 is 15.3 Å². The van der Waals surface area contributed by atoms with Gasteiger partial charge in [-0.15, -0.1) is 0 Å². The first kappa shape index (κ1) is 17.8. The van der Waals surface area contributed by atoms with E-state index in [9.17, 15) is 0 Å². The van der Waals surface area contributed by atoms with Crippen LogP contribution in [0.1, 0.15) is 58.3 Å². The van der Waals surface area contributed by atoms with Crippen LogP contribution >= 0.6 is 0 Å². The number of rotatable bonds is 13. The molecule has 0 spiro atoms. The molecule has 0 unspecified atom stereocenters. The zero-order valence-electron chi connectivity index (χ0n) is 11.8. The molecule has 4 heteroatoms. The van der Waals surface area contributed by atoms with E-state index in [0.29, 0.717) is 0 Å². The van der Waals surface area contributed by atoms with Crippen molar-refractivity contribution >= 4 is 0 Å². The molecule has 0 aromatic rings. The van der Waals surface area contributed by atoms with E-state index < -0.39 is 5.54 Å². The van der Waals surface area contributed by atoms with Crippen LogP contribution in [0.25, 0.3) is 0 Å². The Morgan fingerprint density at radius 2 is 1.17 bits per heavy atom. The highest BCUT2D eigenvalue weighted by Gasteiger charge is 2.26. The van der Waals surface area contributed by atoms with E-state index in [1.165, 1.54) is 38.5 Å². The number of unbranched alkanes of at least 4 members (excludes halogenated alkanes) is 7. The van der Waals surface area contributed by atoms with Gasteiger partial charge in [0, 0.05) is 0 Å². The van der Waals surface area contributed by atoms with Crippen molar-refractivity contribution in [3.05, 3.63) is 0 Å². The van der Waals surface area contributed by atoms with E-state index in [-0.39, 0.29) is 19.8 Å². The van der Waals surface area contributed by atoms with Gasteiger partial charge in [0.05, 0.1) is 25.4 Å². The summed E-state index contributed by atoms with van der Waals surface area (Å²) in [6.07, 6.45) is 10.0. The van der Waals surface area contributed by atoms with Crippen molar-refractivity contribution in [3.8, 4) is 0 Å². The Morgan fingerprint density at radius 1 is 0.722 bits per heavy atom. The summed E-state index contributed by atoms with van der Waals surface area (Å²) in [7, 11) is 0. The maximum atomic E-state index is 9.12. The molecular formula is C14H31NO3. The second kappa shape index (κ2) is 11.9. The maximum Gasteiger partial charge on any atom is 0.0881 e. The minimum Gasteiger partial charge on any atom is -0.394 e. The Bertz CT molecular complexity index is 164. The topological polar surface area (TPSA) is 72.7 Å². The van der Waals surface area contributed by atoms with Crippen LogP contribution in [0.3, 0.4) is 0 Å². The second-order valence-electron chi connectivity index (χ2n) is 5.16. The van der Waals surface area contributed by atoms with Crippen LogP contribution in [-0.2, 0) is 0 Å². The third-order valence-corrected chi connectivity index (χ3v) is 3.44. The molecule has 0 aromatic carbocycles. The number of hydrogen-bond donors (Lipinski definition) is 4. The minimum atomic E-state index is -0.916. The van der Waals surface area contributed by atoms with Gasteiger partial charge in [0.15, 0.2) is 0 Å². The second-order valence-corrected chi connectivity index (χ2v) is 5.16. The van der Waals surface area contributed by atoms with Crippen LogP contribution in [0, 0.1) is 0 Å². The predicted molar refractivity (Wildman–Crippen MR) is 74.6 cm³/mol. The Morgan fingerprint density at radius 3 is 1.61 bits per heavy atom. The first-order valence-electron chi connectivity index (χ1n) is 7.32. The average Bonchev–Trinajstić information content (AvgIpc) is 2.42. The monoisotopic (exact) mass is 261 g/mol. The van der Waals surface area contributed by atoms with E-state index in [2.05, 4.69) is 12.2 Å². The molecule has 0 aliphatic carbocycles. The molecule has 0 aromatic heterocycles. The lowest BCUT2D eigenvalue weighted by molar-refractivity contribution is 0.0425. The molecule has 0 atom stereocenters. The van der Waals surface area contributed by atoms with Crippen molar-refractivity contribution in [2.75, 3.05) is 26.4 Å². The van der Waals surface area contributed by atoms with Crippen LogP contribution < -0.4 is 5.32 Å². The highest BCUT2D eigenvalue weighted by molar-refractivity contribution is 4.85. The molecule has 4 N–H and O–H groups in total. The Hall–Kier alpha value is -0.160. The third kappa shape index (κ3) is 8.03. The molecule has 18 heavy (non-hydrogen) atoms. The zero-order chi connectivity index (χ0) is 13.7. The van der Waals surface area contributed by atoms with Crippen molar-refractivity contribution in [1.82, 2.24) is 5.32 Å². The quantitative estimate of drug-likeness (QED) is 0.379. The van der Waals surface area contributed by atoms with Crippen molar-refractivity contribution in [2.24, 2.45) is 0 Å². The van der Waals surface area contributed by atoms with Gasteiger partial charge in [0.2, 0.25) is 0 Å². The van der Waals surface area contributed by atoms with Gasteiger partial charge in [-0.25, -0.2) is 0 Å². The lowest BCUT2D eigenvalue weighted by Crippen LogP contribution is -2.55. The van der Waals surface area contributed by atoms with Gasteiger partial charge in [-0.1, -0.05) is 51.9 Å². The molecule has 0 saturated carbocycles. The third-order valence-electron chi connectivity index (χ3n) is 3.44. The molecule has 0 radical (unpaired) electrons. The summed E-state index contributed by atoms with van der Waals surface area (Å²) in [5.41, 5.74) is -0.916. The summed E-state index contributed by atoms with van der Waals surface area (Å²) in [5.74, 6) is 0. The number of aliphatic hydroxyl groups is 3. The lowest BCUT2D eigenvalue weighted by Gasteiger charge is -2.28. The van der Waals surface area contributed by atoms with Crippen molar-refractivity contribution in [2.45, 2.75) is 63.8 Å². The van der Waals surface area contributed by atoms with E-state index in [1.54, 1.807) is 0 Å². The molecule has 0 rings (SSSR count). The minimum absolute atomic E-state index is 0.239. The van der Waals surface area contributed by atoms with E-state index >= 15 is 0 Å². The molecule has 0 fully saturated rings. The van der Waals surface area contributed by atoms with Gasteiger partial charge in [0.25, 0.3) is 0 Å². The summed E-state index contributed by atoms with van der Waals surface area (Å²) in [4.78, 5) is 0. The highest BCUT2D eigenvalue weighted by atomic mass is 16.3. The summed E-state index contributed by atoms with van der Waals surface area (Å²) in [5, 5.41) is 30.4. The van der Waals surface area contributed by atoms with Gasteiger partial charge in [-0.05, 0) is 13.0 Å². The first-order chi connectivity index (χ1) is 8.74. The zero-order valence-corrected chi connectivity index (χ0v) is 11.8. The molecular weight excluding hydrogens is 230 g/mol.